The smallest absolute Gasteiger partial charge is 0.274 e. The summed E-state index contributed by atoms with van der Waals surface area (Å²) in [5, 5.41) is 13.3. The van der Waals surface area contributed by atoms with Crippen LogP contribution in [0, 0.1) is 6.92 Å². The number of aryl methyl sites for hydroxylation is 2. The zero-order chi connectivity index (χ0) is 14.4. The molecule has 0 bridgehead atoms. The van der Waals surface area contributed by atoms with Crippen LogP contribution in [-0.2, 0) is 6.54 Å². The highest BCUT2D eigenvalue weighted by atomic mass is 16.3. The molecule has 0 aromatic carbocycles. The van der Waals surface area contributed by atoms with Crippen LogP contribution in [0.15, 0.2) is 0 Å². The van der Waals surface area contributed by atoms with Crippen LogP contribution in [0.3, 0.4) is 0 Å². The number of nitrogen functional groups attached to an aromatic ring is 1. The van der Waals surface area contributed by atoms with E-state index < -0.39 is 0 Å². The zero-order valence-electron chi connectivity index (χ0n) is 12.0. The number of anilines is 1. The van der Waals surface area contributed by atoms with E-state index in [1.54, 1.807) is 16.5 Å². The highest BCUT2D eigenvalue weighted by Crippen LogP contribution is 2.18. The van der Waals surface area contributed by atoms with Crippen LogP contribution in [0.2, 0.25) is 0 Å². The lowest BCUT2D eigenvalue weighted by atomic mass is 10.2. The monoisotopic (exact) mass is 268 g/mol. The largest absolute Gasteiger partial charge is 0.395 e. The maximum atomic E-state index is 12.5. The summed E-state index contributed by atoms with van der Waals surface area (Å²) in [6, 6.07) is 0. The van der Waals surface area contributed by atoms with Crippen molar-refractivity contribution in [3.8, 4) is 0 Å². The minimum atomic E-state index is -0.151. The first-order valence-electron chi connectivity index (χ1n) is 6.79. The van der Waals surface area contributed by atoms with Gasteiger partial charge in [0, 0.05) is 19.6 Å². The molecule has 1 rings (SSSR count). The molecule has 1 aromatic heterocycles. The summed E-state index contributed by atoms with van der Waals surface area (Å²) in [7, 11) is 0. The van der Waals surface area contributed by atoms with E-state index in [9.17, 15) is 4.79 Å². The number of aliphatic hydroxyl groups excluding tert-OH is 1. The first kappa shape index (κ1) is 15.5. The van der Waals surface area contributed by atoms with Crippen LogP contribution in [0.1, 0.15) is 42.9 Å². The second-order valence-electron chi connectivity index (χ2n) is 4.53. The fourth-order valence-corrected chi connectivity index (χ4v) is 1.98. The maximum absolute atomic E-state index is 12.5. The Morgan fingerprint density at radius 3 is 2.63 bits per heavy atom. The number of unbranched alkanes of at least 4 members (excludes halogenated alkanes) is 1. The molecule has 0 atom stereocenters. The Kier molecular flexibility index (Phi) is 5.82. The molecule has 0 saturated heterocycles. The summed E-state index contributed by atoms with van der Waals surface area (Å²) >= 11 is 0. The van der Waals surface area contributed by atoms with Gasteiger partial charge in [-0.05, 0) is 20.3 Å². The molecule has 0 unspecified atom stereocenters. The molecule has 1 heterocycles. The summed E-state index contributed by atoms with van der Waals surface area (Å²) < 4.78 is 1.63. The first-order chi connectivity index (χ1) is 9.06. The summed E-state index contributed by atoms with van der Waals surface area (Å²) in [6.45, 7) is 7.28. The van der Waals surface area contributed by atoms with Crippen LogP contribution in [0.25, 0.3) is 0 Å². The molecule has 1 amide bonds. The average molecular weight is 268 g/mol. The van der Waals surface area contributed by atoms with E-state index in [1.165, 1.54) is 0 Å². The number of hydrogen-bond acceptors (Lipinski definition) is 4. The molecule has 0 radical (unpaired) electrons. The lowest BCUT2D eigenvalue weighted by molar-refractivity contribution is 0.0708. The van der Waals surface area contributed by atoms with Crippen LogP contribution < -0.4 is 5.73 Å². The van der Waals surface area contributed by atoms with E-state index in [0.717, 1.165) is 12.8 Å². The fraction of sp³-hybridized carbons (Fsp3) is 0.692. The van der Waals surface area contributed by atoms with Gasteiger partial charge in [0.15, 0.2) is 0 Å². The van der Waals surface area contributed by atoms with Gasteiger partial charge in [-0.3, -0.25) is 9.48 Å². The number of carbonyl (C=O) groups excluding carboxylic acids is 1. The summed E-state index contributed by atoms with van der Waals surface area (Å²) in [5.74, 6) is -0.151. The number of nitrogens with two attached hydrogens (primary N) is 1. The van der Waals surface area contributed by atoms with Gasteiger partial charge in [0.25, 0.3) is 5.91 Å². The molecule has 0 spiro atoms. The number of hydrogen-bond donors (Lipinski definition) is 2. The predicted molar refractivity (Wildman–Crippen MR) is 74.9 cm³/mol. The van der Waals surface area contributed by atoms with Crippen LogP contribution in [-0.4, -0.2) is 45.4 Å². The Labute approximate surface area is 114 Å². The number of rotatable bonds is 7. The van der Waals surface area contributed by atoms with Gasteiger partial charge in [0.2, 0.25) is 0 Å². The minimum absolute atomic E-state index is 0.0470. The molecule has 1 aromatic rings. The summed E-state index contributed by atoms with van der Waals surface area (Å²) in [5.41, 5.74) is 7.49. The fourth-order valence-electron chi connectivity index (χ4n) is 1.98. The van der Waals surface area contributed by atoms with Gasteiger partial charge in [-0.25, -0.2) is 0 Å². The van der Waals surface area contributed by atoms with Gasteiger partial charge in [0.1, 0.15) is 5.69 Å². The standard InChI is InChI=1S/C13H24N4O2/c1-4-6-7-16(8-9-18)13(19)12-11(14)10(3)15-17(12)5-2/h18H,4-9,14H2,1-3H3. The van der Waals surface area contributed by atoms with Gasteiger partial charge in [-0.15, -0.1) is 0 Å². The van der Waals surface area contributed by atoms with E-state index in [-0.39, 0.29) is 12.5 Å². The van der Waals surface area contributed by atoms with E-state index in [4.69, 9.17) is 10.8 Å². The number of carbonyl (C=O) groups is 1. The average Bonchev–Trinajstić information content (AvgIpc) is 2.69. The molecule has 3 N–H and O–H groups in total. The van der Waals surface area contributed by atoms with Crippen molar-refractivity contribution in [1.29, 1.82) is 0 Å². The topological polar surface area (TPSA) is 84.4 Å². The highest BCUT2D eigenvalue weighted by molar-refractivity contribution is 5.98. The molecule has 6 nitrogen and oxygen atoms in total. The Morgan fingerprint density at radius 1 is 1.42 bits per heavy atom. The van der Waals surface area contributed by atoms with Gasteiger partial charge < -0.3 is 15.7 Å². The van der Waals surface area contributed by atoms with E-state index in [2.05, 4.69) is 12.0 Å². The molecule has 0 fully saturated rings. The van der Waals surface area contributed by atoms with Crippen molar-refractivity contribution in [1.82, 2.24) is 14.7 Å². The van der Waals surface area contributed by atoms with Crippen LogP contribution in [0.5, 0.6) is 0 Å². The van der Waals surface area contributed by atoms with Crippen molar-refractivity contribution >= 4 is 11.6 Å². The van der Waals surface area contributed by atoms with Crippen molar-refractivity contribution in [2.24, 2.45) is 0 Å². The minimum Gasteiger partial charge on any atom is -0.395 e. The summed E-state index contributed by atoms with van der Waals surface area (Å²) in [6.07, 6.45) is 1.90. The van der Waals surface area contributed by atoms with E-state index in [0.29, 0.717) is 36.7 Å². The Balaban J connectivity index is 3.01. The Hall–Kier alpha value is -1.56. The molecule has 0 aliphatic heterocycles. The lowest BCUT2D eigenvalue weighted by Crippen LogP contribution is -2.36. The lowest BCUT2D eigenvalue weighted by Gasteiger charge is -2.22. The first-order valence-corrected chi connectivity index (χ1v) is 6.79. The van der Waals surface area contributed by atoms with Crippen molar-refractivity contribution < 1.29 is 9.90 Å². The molecule has 19 heavy (non-hydrogen) atoms. The Bertz CT molecular complexity index is 429. The van der Waals surface area contributed by atoms with E-state index >= 15 is 0 Å². The highest BCUT2D eigenvalue weighted by Gasteiger charge is 2.23. The van der Waals surface area contributed by atoms with Crippen molar-refractivity contribution in [2.45, 2.75) is 40.2 Å². The molecule has 0 aliphatic carbocycles. The molecule has 0 saturated carbocycles. The molecule has 0 aliphatic rings. The number of aromatic nitrogens is 2. The second-order valence-corrected chi connectivity index (χ2v) is 4.53. The third kappa shape index (κ3) is 3.47. The SMILES string of the molecule is CCCCN(CCO)C(=O)c1c(N)c(C)nn1CC. The third-order valence-corrected chi connectivity index (χ3v) is 3.11. The van der Waals surface area contributed by atoms with E-state index in [1.807, 2.05) is 6.92 Å². The predicted octanol–water partition coefficient (Wildman–Crippen LogP) is 1.03. The van der Waals surface area contributed by atoms with Crippen molar-refractivity contribution in [3.05, 3.63) is 11.4 Å². The van der Waals surface area contributed by atoms with Crippen molar-refractivity contribution in [2.75, 3.05) is 25.4 Å². The molecular formula is C13H24N4O2. The molecular weight excluding hydrogens is 244 g/mol. The number of nitrogens with zero attached hydrogens (tertiary/aromatic N) is 3. The van der Waals surface area contributed by atoms with Crippen LogP contribution in [0.4, 0.5) is 5.69 Å². The summed E-state index contributed by atoms with van der Waals surface area (Å²) in [4.78, 5) is 14.2. The maximum Gasteiger partial charge on any atom is 0.274 e. The van der Waals surface area contributed by atoms with Crippen LogP contribution >= 0.6 is 0 Å². The van der Waals surface area contributed by atoms with Gasteiger partial charge in [-0.1, -0.05) is 13.3 Å². The molecule has 108 valence electrons. The normalized spacial score (nSPS) is 10.7. The Morgan fingerprint density at radius 2 is 2.11 bits per heavy atom. The van der Waals surface area contributed by atoms with Gasteiger partial charge >= 0.3 is 0 Å². The van der Waals surface area contributed by atoms with Gasteiger partial charge in [-0.2, -0.15) is 5.10 Å². The zero-order valence-corrected chi connectivity index (χ0v) is 12.0. The number of amides is 1. The molecule has 6 heteroatoms. The third-order valence-electron chi connectivity index (χ3n) is 3.11. The number of aliphatic hydroxyl groups is 1. The second kappa shape index (κ2) is 7.13. The van der Waals surface area contributed by atoms with Gasteiger partial charge in [0.05, 0.1) is 18.0 Å². The quantitative estimate of drug-likeness (QED) is 0.773. The van der Waals surface area contributed by atoms with Crippen molar-refractivity contribution in [3.63, 3.8) is 0 Å².